The lowest BCUT2D eigenvalue weighted by atomic mass is 10.1. The number of nitriles is 2. The molecule has 3 nitrogen and oxygen atoms in total. The molecule has 1 rings (SSSR count). The highest BCUT2D eigenvalue weighted by atomic mass is 32.2. The molecule has 4 heteroatoms. The lowest BCUT2D eigenvalue weighted by Gasteiger charge is -2.23. The molecule has 1 aromatic rings. The van der Waals surface area contributed by atoms with Gasteiger partial charge in [0.2, 0.25) is 0 Å². The Morgan fingerprint density at radius 1 is 1.35 bits per heavy atom. The third-order valence-corrected chi connectivity index (χ3v) is 3.33. The Bertz CT molecular complexity index is 457. The van der Waals surface area contributed by atoms with Gasteiger partial charge in [-0.05, 0) is 25.3 Å². The second-order valence-corrected chi connectivity index (χ2v) is 4.30. The minimum Gasteiger partial charge on any atom is -0.370 e. The van der Waals surface area contributed by atoms with Crippen molar-refractivity contribution in [3.8, 4) is 12.1 Å². The van der Waals surface area contributed by atoms with Gasteiger partial charge in [-0.25, -0.2) is 0 Å². The van der Waals surface area contributed by atoms with Gasteiger partial charge in [0.25, 0.3) is 0 Å². The monoisotopic (exact) mass is 245 g/mol. The second-order valence-electron chi connectivity index (χ2n) is 3.45. The van der Waals surface area contributed by atoms with Gasteiger partial charge in [0.1, 0.15) is 6.07 Å². The van der Waals surface area contributed by atoms with Gasteiger partial charge in [0, 0.05) is 18.0 Å². The molecule has 0 heterocycles. The number of rotatable bonds is 5. The molecule has 1 aromatic carbocycles. The van der Waals surface area contributed by atoms with Crippen molar-refractivity contribution in [1.82, 2.24) is 0 Å². The predicted octanol–water partition coefficient (Wildman–Crippen LogP) is 3.02. The summed E-state index contributed by atoms with van der Waals surface area (Å²) in [5.41, 5.74) is 1.64. The highest BCUT2D eigenvalue weighted by Gasteiger charge is 2.12. The fourth-order valence-corrected chi connectivity index (χ4v) is 2.27. The van der Waals surface area contributed by atoms with E-state index >= 15 is 0 Å². The molecule has 0 fully saturated rings. The minimum absolute atomic E-state index is 0.474. The van der Waals surface area contributed by atoms with Crippen LogP contribution < -0.4 is 4.90 Å². The zero-order valence-corrected chi connectivity index (χ0v) is 10.9. The van der Waals surface area contributed by atoms with Crippen LogP contribution in [0.2, 0.25) is 0 Å². The van der Waals surface area contributed by atoms with Gasteiger partial charge in [-0.15, -0.1) is 11.8 Å². The average Bonchev–Trinajstić information content (AvgIpc) is 2.39. The van der Waals surface area contributed by atoms with E-state index in [-0.39, 0.29) is 0 Å². The van der Waals surface area contributed by atoms with E-state index in [0.717, 1.165) is 17.1 Å². The van der Waals surface area contributed by atoms with Crippen molar-refractivity contribution in [3.63, 3.8) is 0 Å². The van der Waals surface area contributed by atoms with Crippen molar-refractivity contribution in [3.05, 3.63) is 23.8 Å². The first-order valence-corrected chi connectivity index (χ1v) is 6.70. The van der Waals surface area contributed by atoms with Gasteiger partial charge in [0.15, 0.2) is 0 Å². The zero-order chi connectivity index (χ0) is 12.7. The lowest BCUT2D eigenvalue weighted by Crippen LogP contribution is -2.24. The van der Waals surface area contributed by atoms with Crippen molar-refractivity contribution >= 4 is 17.4 Å². The molecule has 0 aliphatic rings. The number of nitrogens with zero attached hydrogens (tertiary/aromatic N) is 3. The summed E-state index contributed by atoms with van der Waals surface area (Å²) < 4.78 is 0. The predicted molar refractivity (Wildman–Crippen MR) is 71.1 cm³/mol. The molecule has 0 amide bonds. The average molecular weight is 245 g/mol. The van der Waals surface area contributed by atoms with Crippen LogP contribution in [0.4, 0.5) is 5.69 Å². The first kappa shape index (κ1) is 13.4. The number of hydrogen-bond acceptors (Lipinski definition) is 4. The van der Waals surface area contributed by atoms with E-state index in [9.17, 15) is 5.26 Å². The quantitative estimate of drug-likeness (QED) is 0.748. The van der Waals surface area contributed by atoms with Crippen LogP contribution in [0.5, 0.6) is 0 Å². The fourth-order valence-electron chi connectivity index (χ4n) is 1.70. The summed E-state index contributed by atoms with van der Waals surface area (Å²) in [6, 6.07) is 10.2. The number of hydrogen-bond donors (Lipinski definition) is 0. The van der Waals surface area contributed by atoms with Gasteiger partial charge in [0.05, 0.1) is 23.7 Å². The minimum atomic E-state index is 0.474. The Hall–Kier alpha value is -1.65. The first-order chi connectivity index (χ1) is 8.28. The van der Waals surface area contributed by atoms with Gasteiger partial charge in [-0.2, -0.15) is 10.5 Å². The third-order valence-electron chi connectivity index (χ3n) is 2.55. The summed E-state index contributed by atoms with van der Waals surface area (Å²) in [5.74, 6) is 0. The van der Waals surface area contributed by atoms with Crippen LogP contribution in [0.25, 0.3) is 0 Å². The topological polar surface area (TPSA) is 50.8 Å². The normalized spacial score (nSPS) is 9.41. The van der Waals surface area contributed by atoms with E-state index in [0.29, 0.717) is 18.5 Å². The summed E-state index contributed by atoms with van der Waals surface area (Å²) in [4.78, 5) is 3.06. The lowest BCUT2D eigenvalue weighted by molar-refractivity contribution is 0.824. The molecule has 0 spiro atoms. The van der Waals surface area contributed by atoms with E-state index in [1.807, 2.05) is 31.4 Å². The van der Waals surface area contributed by atoms with Gasteiger partial charge in [-0.3, -0.25) is 0 Å². The number of thioether (sulfide) groups is 1. The van der Waals surface area contributed by atoms with Crippen LogP contribution in [-0.4, -0.2) is 19.3 Å². The number of benzene rings is 1. The summed E-state index contributed by atoms with van der Waals surface area (Å²) in [7, 11) is 0. The summed E-state index contributed by atoms with van der Waals surface area (Å²) >= 11 is 1.57. The molecule has 0 aliphatic carbocycles. The fraction of sp³-hybridized carbons (Fsp3) is 0.385. The van der Waals surface area contributed by atoms with Crippen LogP contribution in [0.3, 0.4) is 0 Å². The molecule has 0 saturated heterocycles. The maximum atomic E-state index is 9.25. The van der Waals surface area contributed by atoms with Crippen LogP contribution >= 0.6 is 11.8 Å². The molecule has 17 heavy (non-hydrogen) atoms. The highest BCUT2D eigenvalue weighted by Crippen LogP contribution is 2.28. The van der Waals surface area contributed by atoms with Crippen LogP contribution in [-0.2, 0) is 0 Å². The van der Waals surface area contributed by atoms with Crippen molar-refractivity contribution in [2.75, 3.05) is 24.2 Å². The van der Waals surface area contributed by atoms with Crippen molar-refractivity contribution in [1.29, 1.82) is 10.5 Å². The van der Waals surface area contributed by atoms with E-state index in [1.165, 1.54) is 0 Å². The Balaban J connectivity index is 3.11. The smallest absolute Gasteiger partial charge is 0.103 e. The first-order valence-electron chi connectivity index (χ1n) is 5.47. The second kappa shape index (κ2) is 6.83. The molecule has 0 aromatic heterocycles. The summed E-state index contributed by atoms with van der Waals surface area (Å²) in [6.45, 7) is 3.50. The zero-order valence-electron chi connectivity index (χ0n) is 10.1. The molecular weight excluding hydrogens is 230 g/mol. The van der Waals surface area contributed by atoms with Gasteiger partial charge < -0.3 is 4.90 Å². The van der Waals surface area contributed by atoms with E-state index in [1.54, 1.807) is 11.8 Å². The Morgan fingerprint density at radius 3 is 2.65 bits per heavy atom. The Morgan fingerprint density at radius 2 is 2.12 bits per heavy atom. The Kier molecular flexibility index (Phi) is 5.39. The molecule has 0 radical (unpaired) electrons. The maximum Gasteiger partial charge on any atom is 0.103 e. The van der Waals surface area contributed by atoms with Gasteiger partial charge in [-0.1, -0.05) is 6.07 Å². The molecular formula is C13H15N3S. The van der Waals surface area contributed by atoms with Crippen molar-refractivity contribution < 1.29 is 0 Å². The molecule has 0 bridgehead atoms. The van der Waals surface area contributed by atoms with Crippen molar-refractivity contribution in [2.24, 2.45) is 0 Å². The summed E-state index contributed by atoms with van der Waals surface area (Å²) in [6.07, 6.45) is 2.44. The van der Waals surface area contributed by atoms with Crippen LogP contribution in [0.15, 0.2) is 23.1 Å². The van der Waals surface area contributed by atoms with Crippen molar-refractivity contribution in [2.45, 2.75) is 18.2 Å². The third kappa shape index (κ3) is 3.15. The molecule has 88 valence electrons. The largest absolute Gasteiger partial charge is 0.370 e. The highest BCUT2D eigenvalue weighted by molar-refractivity contribution is 7.98. The van der Waals surface area contributed by atoms with Crippen LogP contribution in [0, 0.1) is 22.7 Å². The Labute approximate surface area is 107 Å². The molecule has 0 N–H and O–H groups in total. The van der Waals surface area contributed by atoms with Gasteiger partial charge >= 0.3 is 0 Å². The molecule has 0 atom stereocenters. The van der Waals surface area contributed by atoms with E-state index in [4.69, 9.17) is 5.26 Å². The molecule has 0 unspecified atom stereocenters. The molecule has 0 aliphatic heterocycles. The standard InChI is InChI=1S/C13H15N3S/c1-3-16(9-5-8-14)12-6-4-7-13(17-2)11(12)10-15/h4,6-7H,3,5,9H2,1-2H3. The van der Waals surface area contributed by atoms with E-state index in [2.05, 4.69) is 17.0 Å². The maximum absolute atomic E-state index is 9.25. The number of anilines is 1. The SMILES string of the molecule is CCN(CCC#N)c1cccc(SC)c1C#N. The van der Waals surface area contributed by atoms with E-state index < -0.39 is 0 Å². The summed E-state index contributed by atoms with van der Waals surface area (Å²) in [5, 5.41) is 17.9. The van der Waals surface area contributed by atoms with Crippen LogP contribution in [0.1, 0.15) is 18.9 Å². The molecule has 0 saturated carbocycles.